The number of carbonyl (C=O) groups excluding carboxylic acids is 1. The highest BCUT2D eigenvalue weighted by Crippen LogP contribution is 2.17. The van der Waals surface area contributed by atoms with Crippen LogP contribution >= 0.6 is 0 Å². The summed E-state index contributed by atoms with van der Waals surface area (Å²) in [6.07, 6.45) is 0. The Morgan fingerprint density at radius 2 is 1.85 bits per heavy atom. The molecule has 104 valence electrons. The third kappa shape index (κ3) is 3.59. The van der Waals surface area contributed by atoms with Crippen molar-refractivity contribution in [1.82, 2.24) is 0 Å². The van der Waals surface area contributed by atoms with Gasteiger partial charge in [0.1, 0.15) is 0 Å². The van der Waals surface area contributed by atoms with Gasteiger partial charge in [0, 0.05) is 5.69 Å². The van der Waals surface area contributed by atoms with Crippen molar-refractivity contribution in [2.75, 3.05) is 12.5 Å². The van der Waals surface area contributed by atoms with Crippen LogP contribution in [0.2, 0.25) is 0 Å². The van der Waals surface area contributed by atoms with Crippen molar-refractivity contribution in [2.45, 2.75) is 13.5 Å². The fourth-order valence-electron chi connectivity index (χ4n) is 1.87. The molecule has 2 rings (SSSR count). The van der Waals surface area contributed by atoms with Gasteiger partial charge in [-0.15, -0.1) is 0 Å². The summed E-state index contributed by atoms with van der Waals surface area (Å²) in [4.78, 5) is 11.9. The Hall–Kier alpha value is -2.33. The minimum Gasteiger partial charge on any atom is -0.435 e. The number of ether oxygens (including phenoxy) is 2. The molecule has 0 saturated heterocycles. The lowest BCUT2D eigenvalue weighted by Gasteiger charge is -2.09. The standard InChI is InChI=1S/C16H17NO3/c1-12-6-5-9-14(17)15(12)16(18)20-11-19-10-13-7-3-2-4-8-13/h2-9H,10-11,17H2,1H3. The van der Waals surface area contributed by atoms with E-state index in [1.54, 1.807) is 12.1 Å². The van der Waals surface area contributed by atoms with E-state index < -0.39 is 5.97 Å². The highest BCUT2D eigenvalue weighted by molar-refractivity contribution is 5.96. The molecule has 0 aliphatic heterocycles. The molecule has 0 amide bonds. The second-order valence-corrected chi connectivity index (χ2v) is 4.42. The Kier molecular flexibility index (Phi) is 4.74. The first-order valence-electron chi connectivity index (χ1n) is 6.32. The average Bonchev–Trinajstić information content (AvgIpc) is 2.44. The van der Waals surface area contributed by atoms with Crippen LogP contribution in [-0.2, 0) is 16.1 Å². The Bertz CT molecular complexity index is 561. The molecule has 4 nitrogen and oxygen atoms in total. The van der Waals surface area contributed by atoms with Crippen LogP contribution in [0.1, 0.15) is 21.5 Å². The predicted molar refractivity (Wildman–Crippen MR) is 77.1 cm³/mol. The van der Waals surface area contributed by atoms with Crippen molar-refractivity contribution in [3.05, 3.63) is 65.2 Å². The second-order valence-electron chi connectivity index (χ2n) is 4.42. The molecule has 0 fully saturated rings. The number of esters is 1. The molecule has 0 saturated carbocycles. The molecule has 20 heavy (non-hydrogen) atoms. The van der Waals surface area contributed by atoms with Crippen molar-refractivity contribution in [2.24, 2.45) is 0 Å². The maximum Gasteiger partial charge on any atom is 0.342 e. The average molecular weight is 271 g/mol. The maximum absolute atomic E-state index is 11.9. The Morgan fingerprint density at radius 1 is 1.10 bits per heavy atom. The van der Waals surface area contributed by atoms with E-state index in [0.717, 1.165) is 11.1 Å². The molecule has 2 aromatic rings. The minimum absolute atomic E-state index is 0.0957. The van der Waals surface area contributed by atoms with Gasteiger partial charge >= 0.3 is 5.97 Å². The van der Waals surface area contributed by atoms with Gasteiger partial charge in [0.2, 0.25) is 0 Å². The number of hydrogen-bond donors (Lipinski definition) is 1. The number of aryl methyl sites for hydroxylation is 1. The van der Waals surface area contributed by atoms with Gasteiger partial charge < -0.3 is 15.2 Å². The number of anilines is 1. The number of hydrogen-bond acceptors (Lipinski definition) is 4. The van der Waals surface area contributed by atoms with Gasteiger partial charge in [0.05, 0.1) is 12.2 Å². The molecule has 0 spiro atoms. The smallest absolute Gasteiger partial charge is 0.342 e. The van der Waals surface area contributed by atoms with Gasteiger partial charge in [-0.2, -0.15) is 0 Å². The van der Waals surface area contributed by atoms with Gasteiger partial charge in [-0.05, 0) is 24.1 Å². The van der Waals surface area contributed by atoms with E-state index in [1.165, 1.54) is 0 Å². The number of nitrogens with two attached hydrogens (primary N) is 1. The monoisotopic (exact) mass is 271 g/mol. The van der Waals surface area contributed by atoms with E-state index in [9.17, 15) is 4.79 Å². The molecule has 0 aromatic heterocycles. The molecule has 0 aliphatic carbocycles. The number of rotatable bonds is 5. The summed E-state index contributed by atoms with van der Waals surface area (Å²) in [6, 6.07) is 15.0. The van der Waals surface area contributed by atoms with Crippen molar-refractivity contribution in [3.8, 4) is 0 Å². The van der Waals surface area contributed by atoms with E-state index in [1.807, 2.05) is 43.3 Å². The third-order valence-corrected chi connectivity index (χ3v) is 2.89. The van der Waals surface area contributed by atoms with Crippen LogP contribution in [0.3, 0.4) is 0 Å². The number of benzene rings is 2. The normalized spacial score (nSPS) is 10.2. The zero-order valence-electron chi connectivity index (χ0n) is 11.3. The third-order valence-electron chi connectivity index (χ3n) is 2.89. The Balaban J connectivity index is 1.84. The highest BCUT2D eigenvalue weighted by atomic mass is 16.7. The SMILES string of the molecule is Cc1cccc(N)c1C(=O)OCOCc1ccccc1. The molecule has 0 aliphatic rings. The minimum atomic E-state index is -0.464. The Labute approximate surface area is 118 Å². The van der Waals surface area contributed by atoms with E-state index in [2.05, 4.69) is 0 Å². The zero-order valence-corrected chi connectivity index (χ0v) is 11.3. The van der Waals surface area contributed by atoms with Crippen LogP contribution in [0.25, 0.3) is 0 Å². The maximum atomic E-state index is 11.9. The summed E-state index contributed by atoms with van der Waals surface area (Å²) in [5, 5.41) is 0. The topological polar surface area (TPSA) is 61.6 Å². The van der Waals surface area contributed by atoms with E-state index in [-0.39, 0.29) is 6.79 Å². The molecule has 4 heteroatoms. The van der Waals surface area contributed by atoms with Crippen molar-refractivity contribution < 1.29 is 14.3 Å². The van der Waals surface area contributed by atoms with Gasteiger partial charge in [-0.3, -0.25) is 0 Å². The van der Waals surface area contributed by atoms with Crippen LogP contribution in [0.4, 0.5) is 5.69 Å². The van der Waals surface area contributed by atoms with Gasteiger partial charge in [-0.25, -0.2) is 4.79 Å². The lowest BCUT2D eigenvalue weighted by molar-refractivity contribution is -0.0380. The fraction of sp³-hybridized carbons (Fsp3) is 0.188. The first-order valence-corrected chi connectivity index (χ1v) is 6.32. The summed E-state index contributed by atoms with van der Waals surface area (Å²) in [5.41, 5.74) is 8.41. The van der Waals surface area contributed by atoms with Gasteiger partial charge in [-0.1, -0.05) is 42.5 Å². The largest absolute Gasteiger partial charge is 0.435 e. The van der Waals surface area contributed by atoms with Crippen LogP contribution < -0.4 is 5.73 Å². The predicted octanol–water partition coefficient (Wildman–Crippen LogP) is 2.91. The summed E-state index contributed by atoms with van der Waals surface area (Å²) in [7, 11) is 0. The number of carbonyl (C=O) groups is 1. The highest BCUT2D eigenvalue weighted by Gasteiger charge is 2.13. The lowest BCUT2D eigenvalue weighted by atomic mass is 10.1. The summed E-state index contributed by atoms with van der Waals surface area (Å²) < 4.78 is 10.4. The molecule has 0 unspecified atom stereocenters. The van der Waals surface area contributed by atoms with Crippen LogP contribution in [0.5, 0.6) is 0 Å². The first-order chi connectivity index (χ1) is 9.68. The number of nitrogen functional groups attached to an aromatic ring is 1. The lowest BCUT2D eigenvalue weighted by Crippen LogP contribution is -2.12. The molecule has 0 bridgehead atoms. The van der Waals surface area contributed by atoms with Crippen molar-refractivity contribution in [3.63, 3.8) is 0 Å². The molecular weight excluding hydrogens is 254 g/mol. The molecule has 0 atom stereocenters. The molecule has 0 heterocycles. The van der Waals surface area contributed by atoms with Crippen LogP contribution in [-0.4, -0.2) is 12.8 Å². The zero-order chi connectivity index (χ0) is 14.4. The van der Waals surface area contributed by atoms with E-state index in [4.69, 9.17) is 15.2 Å². The summed E-state index contributed by atoms with van der Waals surface area (Å²) in [5.74, 6) is -0.464. The quantitative estimate of drug-likeness (QED) is 0.393. The molecule has 2 N–H and O–H groups in total. The first kappa shape index (κ1) is 14.1. The van der Waals surface area contributed by atoms with E-state index >= 15 is 0 Å². The van der Waals surface area contributed by atoms with Crippen molar-refractivity contribution >= 4 is 11.7 Å². The second kappa shape index (κ2) is 6.73. The van der Waals surface area contributed by atoms with Gasteiger partial charge in [0.15, 0.2) is 6.79 Å². The Morgan fingerprint density at radius 3 is 2.55 bits per heavy atom. The summed E-state index contributed by atoms with van der Waals surface area (Å²) >= 11 is 0. The van der Waals surface area contributed by atoms with Gasteiger partial charge in [0.25, 0.3) is 0 Å². The van der Waals surface area contributed by atoms with Crippen molar-refractivity contribution in [1.29, 1.82) is 0 Å². The molecule has 0 radical (unpaired) electrons. The van der Waals surface area contributed by atoms with Crippen LogP contribution in [0.15, 0.2) is 48.5 Å². The molecule has 2 aromatic carbocycles. The van der Waals surface area contributed by atoms with E-state index in [0.29, 0.717) is 17.9 Å². The fourth-order valence-corrected chi connectivity index (χ4v) is 1.87. The molecular formula is C16H17NO3. The van der Waals surface area contributed by atoms with Crippen LogP contribution in [0, 0.1) is 6.92 Å². The summed E-state index contributed by atoms with van der Waals surface area (Å²) in [6.45, 7) is 2.12.